The summed E-state index contributed by atoms with van der Waals surface area (Å²) in [4.78, 5) is 16.9. The number of furan rings is 1. The smallest absolute Gasteiger partial charge is 0.251 e. The van der Waals surface area contributed by atoms with E-state index in [0.29, 0.717) is 12.2 Å². The first-order valence-corrected chi connectivity index (χ1v) is 8.70. The van der Waals surface area contributed by atoms with Crippen LogP contribution in [0, 0.1) is 0 Å². The number of aromatic nitrogens is 1. The van der Waals surface area contributed by atoms with Crippen molar-refractivity contribution in [1.82, 2.24) is 10.3 Å². The maximum absolute atomic E-state index is 12.4. The number of hydrogen-bond acceptors (Lipinski definition) is 5. The molecule has 0 unspecified atom stereocenters. The molecule has 0 bridgehead atoms. The van der Waals surface area contributed by atoms with E-state index in [1.54, 1.807) is 24.6 Å². The molecule has 134 valence electrons. The van der Waals surface area contributed by atoms with Crippen molar-refractivity contribution in [3.8, 4) is 11.3 Å². The second kappa shape index (κ2) is 7.27. The topological polar surface area (TPSA) is 84.6 Å². The summed E-state index contributed by atoms with van der Waals surface area (Å²) in [6, 6.07) is 11.1. The first-order chi connectivity index (χ1) is 12.7. The molecule has 0 aliphatic carbocycles. The number of pyridine rings is 1. The van der Waals surface area contributed by atoms with Gasteiger partial charge in [0, 0.05) is 22.7 Å². The van der Waals surface area contributed by atoms with Crippen LogP contribution in [-0.4, -0.2) is 41.4 Å². The first kappa shape index (κ1) is 16.8. The lowest BCUT2D eigenvalue weighted by atomic mass is 10.0. The van der Waals surface area contributed by atoms with E-state index in [4.69, 9.17) is 14.3 Å². The van der Waals surface area contributed by atoms with Crippen molar-refractivity contribution >= 4 is 16.9 Å². The minimum absolute atomic E-state index is 0.0219. The van der Waals surface area contributed by atoms with E-state index in [1.807, 2.05) is 24.3 Å². The number of carbonyl (C=O) groups is 1. The lowest BCUT2D eigenvalue weighted by molar-refractivity contribution is -0.0305. The summed E-state index contributed by atoms with van der Waals surface area (Å²) in [6.45, 7) is 0.459. The molecular weight excluding hydrogens is 332 g/mol. The van der Waals surface area contributed by atoms with Gasteiger partial charge >= 0.3 is 0 Å². The Hall–Kier alpha value is -2.70. The number of ether oxygens (including phenoxy) is 1. The predicted octanol–water partition coefficient (Wildman–Crippen LogP) is 2.76. The van der Waals surface area contributed by atoms with Crippen molar-refractivity contribution in [3.05, 3.63) is 54.4 Å². The van der Waals surface area contributed by atoms with E-state index >= 15 is 0 Å². The number of fused-ring (bicyclic) bond motifs is 1. The summed E-state index contributed by atoms with van der Waals surface area (Å²) in [5.41, 5.74) is 3.15. The van der Waals surface area contributed by atoms with Crippen LogP contribution in [0.15, 0.2) is 53.3 Å². The van der Waals surface area contributed by atoms with E-state index in [1.165, 1.54) is 0 Å². The molecule has 6 heteroatoms. The molecule has 1 saturated heterocycles. The third kappa shape index (κ3) is 3.34. The fourth-order valence-electron chi connectivity index (χ4n) is 3.24. The van der Waals surface area contributed by atoms with Crippen molar-refractivity contribution in [3.63, 3.8) is 0 Å². The lowest BCUT2D eigenvalue weighted by Gasteiger charge is -2.28. The number of amides is 1. The van der Waals surface area contributed by atoms with Crippen molar-refractivity contribution < 1.29 is 19.1 Å². The Morgan fingerprint density at radius 1 is 1.19 bits per heavy atom. The van der Waals surface area contributed by atoms with Gasteiger partial charge in [-0.1, -0.05) is 12.1 Å². The van der Waals surface area contributed by atoms with Gasteiger partial charge in [-0.15, -0.1) is 0 Å². The first-order valence-electron chi connectivity index (χ1n) is 8.70. The zero-order valence-electron chi connectivity index (χ0n) is 14.2. The van der Waals surface area contributed by atoms with Crippen LogP contribution in [0.5, 0.6) is 0 Å². The molecule has 1 aliphatic rings. The van der Waals surface area contributed by atoms with E-state index in [9.17, 15) is 4.79 Å². The summed E-state index contributed by atoms with van der Waals surface area (Å²) >= 11 is 0. The van der Waals surface area contributed by atoms with Crippen molar-refractivity contribution in [2.24, 2.45) is 0 Å². The molecule has 6 nitrogen and oxygen atoms in total. The van der Waals surface area contributed by atoms with Crippen LogP contribution in [0.1, 0.15) is 23.2 Å². The molecule has 26 heavy (non-hydrogen) atoms. The van der Waals surface area contributed by atoms with E-state index < -0.39 is 0 Å². The van der Waals surface area contributed by atoms with Crippen molar-refractivity contribution in [2.45, 2.75) is 25.0 Å². The molecule has 1 aliphatic heterocycles. The molecular formula is C20H20N2O4. The third-order valence-corrected chi connectivity index (χ3v) is 4.71. The van der Waals surface area contributed by atoms with Gasteiger partial charge < -0.3 is 19.6 Å². The summed E-state index contributed by atoms with van der Waals surface area (Å²) in [5.74, 6) is -0.123. The Kier molecular flexibility index (Phi) is 4.69. The number of aliphatic hydroxyl groups excluding tert-OH is 1. The molecule has 0 spiro atoms. The highest BCUT2D eigenvalue weighted by atomic mass is 16.5. The standard InChI is InChI=1S/C20H20N2O4/c23-11-16-6-5-15(12-26-16)22-20(24)14-3-1-13(2-4-14)19-17-8-10-25-18(17)7-9-21-19/h1-4,7-10,15-16,23H,5-6,11-12H2,(H,22,24)/t15-,16+/m1/s1. The fraction of sp³-hybridized carbons (Fsp3) is 0.300. The van der Waals surface area contributed by atoms with Gasteiger partial charge in [-0.05, 0) is 37.1 Å². The fourth-order valence-corrected chi connectivity index (χ4v) is 3.24. The van der Waals surface area contributed by atoms with Gasteiger partial charge in [0.1, 0.15) is 5.58 Å². The Morgan fingerprint density at radius 2 is 2.04 bits per heavy atom. The van der Waals surface area contributed by atoms with Gasteiger partial charge in [-0.3, -0.25) is 9.78 Å². The molecule has 1 amide bonds. The molecule has 0 saturated carbocycles. The van der Waals surface area contributed by atoms with Gasteiger partial charge in [0.25, 0.3) is 5.91 Å². The minimum Gasteiger partial charge on any atom is -0.464 e. The average Bonchev–Trinajstić information content (AvgIpc) is 3.17. The maximum atomic E-state index is 12.4. The van der Waals surface area contributed by atoms with E-state index in [0.717, 1.165) is 35.1 Å². The second-order valence-corrected chi connectivity index (χ2v) is 6.45. The molecule has 0 radical (unpaired) electrons. The van der Waals surface area contributed by atoms with Crippen LogP contribution in [0.4, 0.5) is 0 Å². The molecule has 1 fully saturated rings. The Labute approximate surface area is 150 Å². The molecule has 4 rings (SSSR count). The second-order valence-electron chi connectivity index (χ2n) is 6.45. The predicted molar refractivity (Wildman–Crippen MR) is 96.8 cm³/mol. The normalized spacial score (nSPS) is 20.2. The van der Waals surface area contributed by atoms with Crippen LogP contribution >= 0.6 is 0 Å². The molecule has 2 atom stereocenters. The zero-order valence-corrected chi connectivity index (χ0v) is 14.2. The molecule has 3 aromatic rings. The largest absolute Gasteiger partial charge is 0.464 e. The third-order valence-electron chi connectivity index (χ3n) is 4.71. The van der Waals surface area contributed by atoms with Crippen molar-refractivity contribution in [1.29, 1.82) is 0 Å². The number of nitrogens with one attached hydrogen (secondary N) is 1. The maximum Gasteiger partial charge on any atom is 0.251 e. The van der Waals surface area contributed by atoms with E-state index in [-0.39, 0.29) is 24.7 Å². The lowest BCUT2D eigenvalue weighted by Crippen LogP contribution is -2.43. The summed E-state index contributed by atoms with van der Waals surface area (Å²) in [6.07, 6.45) is 4.80. The van der Waals surface area contributed by atoms with Crippen LogP contribution in [-0.2, 0) is 4.74 Å². The van der Waals surface area contributed by atoms with Crippen LogP contribution < -0.4 is 5.32 Å². The van der Waals surface area contributed by atoms with Gasteiger partial charge in [0.15, 0.2) is 0 Å². The Morgan fingerprint density at radius 3 is 2.77 bits per heavy atom. The molecule has 1 aromatic carbocycles. The van der Waals surface area contributed by atoms with E-state index in [2.05, 4.69) is 10.3 Å². The SMILES string of the molecule is O=C(N[C@@H]1CC[C@@H](CO)OC1)c1ccc(-c2nccc3occc23)cc1. The van der Waals surface area contributed by atoms with Crippen LogP contribution in [0.25, 0.3) is 22.2 Å². The van der Waals surface area contributed by atoms with Gasteiger partial charge in [-0.2, -0.15) is 0 Å². The van der Waals surface area contributed by atoms with Crippen LogP contribution in [0.3, 0.4) is 0 Å². The summed E-state index contributed by atoms with van der Waals surface area (Å²) in [5, 5.41) is 13.0. The monoisotopic (exact) mass is 352 g/mol. The van der Waals surface area contributed by atoms with Crippen molar-refractivity contribution in [2.75, 3.05) is 13.2 Å². The van der Waals surface area contributed by atoms with Crippen LogP contribution in [0.2, 0.25) is 0 Å². The number of carbonyl (C=O) groups excluding carboxylic acids is 1. The van der Waals surface area contributed by atoms with Gasteiger partial charge in [-0.25, -0.2) is 0 Å². The number of nitrogens with zero attached hydrogens (tertiary/aromatic N) is 1. The Bertz CT molecular complexity index is 896. The minimum atomic E-state index is -0.123. The zero-order chi connectivity index (χ0) is 17.9. The molecule has 3 heterocycles. The summed E-state index contributed by atoms with van der Waals surface area (Å²) in [7, 11) is 0. The number of rotatable bonds is 4. The van der Waals surface area contributed by atoms with Gasteiger partial charge in [0.2, 0.25) is 0 Å². The Balaban J connectivity index is 1.46. The van der Waals surface area contributed by atoms with Gasteiger partial charge in [0.05, 0.1) is 37.3 Å². The quantitative estimate of drug-likeness (QED) is 0.754. The highest BCUT2D eigenvalue weighted by molar-refractivity contribution is 5.96. The summed E-state index contributed by atoms with van der Waals surface area (Å²) < 4.78 is 10.9. The number of aliphatic hydroxyl groups is 1. The molecule has 2 N–H and O–H groups in total. The number of benzene rings is 1. The number of hydrogen-bond donors (Lipinski definition) is 2. The molecule has 2 aromatic heterocycles. The average molecular weight is 352 g/mol. The highest BCUT2D eigenvalue weighted by Crippen LogP contribution is 2.27. The highest BCUT2D eigenvalue weighted by Gasteiger charge is 2.22.